The molecule has 0 bridgehead atoms. The highest BCUT2D eigenvalue weighted by atomic mass is 16.3. The van der Waals surface area contributed by atoms with Crippen LogP contribution < -0.4 is 0 Å². The summed E-state index contributed by atoms with van der Waals surface area (Å²) in [5, 5.41) is 9.81. The molecule has 0 N–H and O–H groups in total. The lowest BCUT2D eigenvalue weighted by molar-refractivity contribution is 0.673. The number of fused-ring (bicyclic) bond motifs is 7. The van der Waals surface area contributed by atoms with Crippen LogP contribution in [0.25, 0.3) is 82.1 Å². The average molecular weight is 627 g/mol. The Morgan fingerprint density at radius 3 is 1.98 bits per heavy atom. The van der Waals surface area contributed by atoms with Crippen LogP contribution in [0.2, 0.25) is 0 Å². The number of rotatable bonds is 4. The van der Waals surface area contributed by atoms with Gasteiger partial charge in [0.05, 0.1) is 0 Å². The van der Waals surface area contributed by atoms with Crippen LogP contribution in [0.15, 0.2) is 173 Å². The van der Waals surface area contributed by atoms with Crippen molar-refractivity contribution < 1.29 is 4.42 Å². The largest absolute Gasteiger partial charge is 0.455 e. The van der Waals surface area contributed by atoms with Crippen molar-refractivity contribution in [2.45, 2.75) is 25.7 Å². The first-order chi connectivity index (χ1) is 24.3. The normalized spacial score (nSPS) is 14.9. The Kier molecular flexibility index (Phi) is 6.52. The standard InChI is InChI=1S/C48H34O/c1-3-12-31(13-4-1)33-22-24-35(25-23-33)45-38-18-9-10-19-39(38)46(43-30-36(27-28-40(43)45)32-14-5-2-6-15-32)41-20-11-21-44-47(41)42-29-26-34-16-7-8-17-37(34)48(42)49-44/h1-3,5-12,14-22,24,26-30H,4,13,23,25H2. The molecule has 0 fully saturated rings. The first-order valence-corrected chi connectivity index (χ1v) is 17.5. The van der Waals surface area contributed by atoms with Crippen LogP contribution >= 0.6 is 0 Å². The molecule has 1 nitrogen and oxygen atoms in total. The van der Waals surface area contributed by atoms with Gasteiger partial charge in [-0.05, 0) is 115 Å². The Labute approximate surface area is 285 Å². The van der Waals surface area contributed by atoms with Gasteiger partial charge in [0.1, 0.15) is 11.2 Å². The SMILES string of the molecule is C1=CCCC(C2=CC=C(c3c4ccccc4c(-c4cccc5oc6c7ccccc7ccc6c45)c4cc(-c5ccccc5)ccc34)CC2)=C1. The lowest BCUT2D eigenvalue weighted by atomic mass is 9.81. The second kappa shape index (κ2) is 11.4. The number of allylic oxidation sites excluding steroid dienone is 8. The molecule has 0 radical (unpaired) electrons. The summed E-state index contributed by atoms with van der Waals surface area (Å²) < 4.78 is 6.70. The molecule has 0 aliphatic heterocycles. The van der Waals surface area contributed by atoms with Crippen molar-refractivity contribution in [2.75, 3.05) is 0 Å². The van der Waals surface area contributed by atoms with E-state index in [1.54, 1.807) is 0 Å². The third-order valence-corrected chi connectivity index (χ3v) is 10.7. The van der Waals surface area contributed by atoms with E-state index in [0.717, 1.165) is 47.6 Å². The number of benzene rings is 7. The van der Waals surface area contributed by atoms with Gasteiger partial charge < -0.3 is 4.42 Å². The Balaban J connectivity index is 1.30. The first-order valence-electron chi connectivity index (χ1n) is 17.5. The summed E-state index contributed by atoms with van der Waals surface area (Å²) in [7, 11) is 0. The fourth-order valence-corrected chi connectivity index (χ4v) is 8.37. The van der Waals surface area contributed by atoms with Gasteiger partial charge in [-0.1, -0.05) is 140 Å². The molecule has 0 atom stereocenters. The molecule has 0 spiro atoms. The third-order valence-electron chi connectivity index (χ3n) is 10.7. The molecular weight excluding hydrogens is 593 g/mol. The van der Waals surface area contributed by atoms with Crippen molar-refractivity contribution in [3.63, 3.8) is 0 Å². The van der Waals surface area contributed by atoms with E-state index < -0.39 is 0 Å². The summed E-state index contributed by atoms with van der Waals surface area (Å²) in [5.41, 5.74) is 12.5. The van der Waals surface area contributed by atoms with E-state index in [-0.39, 0.29) is 0 Å². The van der Waals surface area contributed by atoms with Crippen molar-refractivity contribution in [3.05, 3.63) is 174 Å². The molecule has 49 heavy (non-hydrogen) atoms. The van der Waals surface area contributed by atoms with Crippen molar-refractivity contribution in [1.82, 2.24) is 0 Å². The summed E-state index contributed by atoms with van der Waals surface area (Å²) in [6, 6.07) is 46.5. The van der Waals surface area contributed by atoms with E-state index in [4.69, 9.17) is 4.42 Å². The lowest BCUT2D eigenvalue weighted by Gasteiger charge is -2.23. The smallest absolute Gasteiger partial charge is 0.143 e. The molecule has 10 rings (SSSR count). The van der Waals surface area contributed by atoms with Gasteiger partial charge in [-0.2, -0.15) is 0 Å². The van der Waals surface area contributed by atoms with Gasteiger partial charge in [-0.15, -0.1) is 0 Å². The zero-order valence-corrected chi connectivity index (χ0v) is 27.2. The van der Waals surface area contributed by atoms with Crippen LogP contribution in [0, 0.1) is 0 Å². The second-order valence-corrected chi connectivity index (χ2v) is 13.4. The van der Waals surface area contributed by atoms with Crippen LogP contribution in [0.5, 0.6) is 0 Å². The number of hydrogen-bond acceptors (Lipinski definition) is 1. The van der Waals surface area contributed by atoms with Crippen molar-refractivity contribution in [1.29, 1.82) is 0 Å². The quantitative estimate of drug-likeness (QED) is 0.177. The predicted molar refractivity (Wildman–Crippen MR) is 209 cm³/mol. The maximum absolute atomic E-state index is 6.70. The molecule has 2 aliphatic carbocycles. The minimum atomic E-state index is 0.920. The highest BCUT2D eigenvalue weighted by Crippen LogP contribution is 2.48. The molecule has 8 aromatic rings. The van der Waals surface area contributed by atoms with E-state index in [0.29, 0.717) is 0 Å². The fraction of sp³-hybridized carbons (Fsp3) is 0.0833. The molecule has 1 aromatic heterocycles. The lowest BCUT2D eigenvalue weighted by Crippen LogP contribution is -2.00. The monoisotopic (exact) mass is 626 g/mol. The Morgan fingerprint density at radius 2 is 1.16 bits per heavy atom. The van der Waals surface area contributed by atoms with E-state index in [1.165, 1.54) is 76.9 Å². The van der Waals surface area contributed by atoms with E-state index in [2.05, 4.69) is 158 Å². The molecule has 0 unspecified atom stereocenters. The maximum Gasteiger partial charge on any atom is 0.143 e. The maximum atomic E-state index is 6.70. The van der Waals surface area contributed by atoms with Crippen molar-refractivity contribution in [2.24, 2.45) is 0 Å². The van der Waals surface area contributed by atoms with Gasteiger partial charge in [0, 0.05) is 16.2 Å². The average Bonchev–Trinajstić information content (AvgIpc) is 3.57. The highest BCUT2D eigenvalue weighted by molar-refractivity contribution is 6.26. The Bertz CT molecular complexity index is 2750. The summed E-state index contributed by atoms with van der Waals surface area (Å²) in [6.07, 6.45) is 16.0. The van der Waals surface area contributed by atoms with Crippen LogP contribution in [0.1, 0.15) is 31.2 Å². The van der Waals surface area contributed by atoms with Gasteiger partial charge in [-0.25, -0.2) is 0 Å². The molecule has 0 saturated carbocycles. The molecule has 1 heteroatoms. The Hall–Kier alpha value is -5.92. The summed E-state index contributed by atoms with van der Waals surface area (Å²) in [5.74, 6) is 0. The molecule has 1 heterocycles. The molecular formula is C48H34O. The molecule has 0 amide bonds. The van der Waals surface area contributed by atoms with Crippen LogP contribution in [0.3, 0.4) is 0 Å². The fourth-order valence-electron chi connectivity index (χ4n) is 8.37. The van der Waals surface area contributed by atoms with E-state index in [9.17, 15) is 0 Å². The zero-order valence-electron chi connectivity index (χ0n) is 27.2. The molecule has 7 aromatic carbocycles. The van der Waals surface area contributed by atoms with E-state index >= 15 is 0 Å². The van der Waals surface area contributed by atoms with Crippen LogP contribution in [-0.4, -0.2) is 0 Å². The van der Waals surface area contributed by atoms with Crippen molar-refractivity contribution >= 4 is 59.8 Å². The van der Waals surface area contributed by atoms with Crippen LogP contribution in [0.4, 0.5) is 0 Å². The summed E-state index contributed by atoms with van der Waals surface area (Å²) in [6.45, 7) is 0. The summed E-state index contributed by atoms with van der Waals surface area (Å²) in [4.78, 5) is 0. The van der Waals surface area contributed by atoms with Gasteiger partial charge >= 0.3 is 0 Å². The Morgan fingerprint density at radius 1 is 0.449 bits per heavy atom. The van der Waals surface area contributed by atoms with E-state index in [1.807, 2.05) is 0 Å². The van der Waals surface area contributed by atoms with Crippen LogP contribution in [-0.2, 0) is 0 Å². The summed E-state index contributed by atoms with van der Waals surface area (Å²) >= 11 is 0. The van der Waals surface area contributed by atoms with Gasteiger partial charge in [0.25, 0.3) is 0 Å². The second-order valence-electron chi connectivity index (χ2n) is 13.4. The van der Waals surface area contributed by atoms with Crippen molar-refractivity contribution in [3.8, 4) is 22.3 Å². The molecule has 0 saturated heterocycles. The minimum absolute atomic E-state index is 0.920. The number of furan rings is 1. The molecule has 2 aliphatic rings. The van der Waals surface area contributed by atoms with Gasteiger partial charge in [0.15, 0.2) is 0 Å². The third kappa shape index (κ3) is 4.54. The first kappa shape index (κ1) is 28.1. The topological polar surface area (TPSA) is 13.1 Å². The number of hydrogen-bond donors (Lipinski definition) is 0. The highest BCUT2D eigenvalue weighted by Gasteiger charge is 2.23. The van der Waals surface area contributed by atoms with Gasteiger partial charge in [0.2, 0.25) is 0 Å². The molecule has 232 valence electrons. The zero-order chi connectivity index (χ0) is 32.3. The minimum Gasteiger partial charge on any atom is -0.455 e. The van der Waals surface area contributed by atoms with Gasteiger partial charge in [-0.3, -0.25) is 0 Å². The predicted octanol–water partition coefficient (Wildman–Crippen LogP) is 13.8.